The Hall–Kier alpha value is -6.16. The van der Waals surface area contributed by atoms with Gasteiger partial charge in [0.1, 0.15) is 0 Å². The maximum absolute atomic E-state index is 2.45. The van der Waals surface area contributed by atoms with E-state index in [-0.39, 0.29) is 0 Å². The van der Waals surface area contributed by atoms with Crippen molar-refractivity contribution in [2.24, 2.45) is 0 Å². The summed E-state index contributed by atoms with van der Waals surface area (Å²) >= 11 is 1.88. The quantitative estimate of drug-likeness (QED) is 0.176. The van der Waals surface area contributed by atoms with Crippen molar-refractivity contribution in [2.45, 2.75) is 6.42 Å². The van der Waals surface area contributed by atoms with Gasteiger partial charge in [0, 0.05) is 54.0 Å². The Morgan fingerprint density at radius 3 is 1.64 bits per heavy atom. The fraction of sp³-hybridized carbons (Fsp3) is 0.0213. The zero-order valence-electron chi connectivity index (χ0n) is 27.3. The molecular weight excluding hydrogens is 625 g/mol. The highest BCUT2D eigenvalue weighted by atomic mass is 32.1. The summed E-state index contributed by atoms with van der Waals surface area (Å²) in [6, 6.07) is 66.3. The van der Waals surface area contributed by atoms with E-state index in [0.29, 0.717) is 0 Å². The Morgan fingerprint density at radius 1 is 0.360 bits per heavy atom. The Kier molecular flexibility index (Phi) is 6.78. The molecule has 0 saturated heterocycles. The molecule has 0 saturated carbocycles. The van der Waals surface area contributed by atoms with Crippen LogP contribution in [0, 0.1) is 0 Å². The Balaban J connectivity index is 1.18. The van der Waals surface area contributed by atoms with Gasteiger partial charge in [-0.3, -0.25) is 0 Å². The molecule has 0 N–H and O–H groups in total. The molecule has 0 unspecified atom stereocenters. The van der Waals surface area contributed by atoms with Crippen LogP contribution in [0.25, 0.3) is 42.1 Å². The van der Waals surface area contributed by atoms with Crippen molar-refractivity contribution in [3.8, 4) is 11.1 Å². The van der Waals surface area contributed by atoms with E-state index < -0.39 is 0 Å². The Bertz CT molecular complexity index is 2640. The van der Waals surface area contributed by atoms with Crippen molar-refractivity contribution in [1.29, 1.82) is 0 Å². The molecule has 3 heteroatoms. The summed E-state index contributed by atoms with van der Waals surface area (Å²) in [6.45, 7) is 0. The fourth-order valence-electron chi connectivity index (χ4n) is 7.81. The maximum atomic E-state index is 2.45. The van der Waals surface area contributed by atoms with Gasteiger partial charge in [0.05, 0.1) is 5.69 Å². The van der Waals surface area contributed by atoms with Gasteiger partial charge < -0.3 is 9.80 Å². The van der Waals surface area contributed by atoms with Crippen LogP contribution in [0.15, 0.2) is 182 Å². The van der Waals surface area contributed by atoms with Gasteiger partial charge in [0.2, 0.25) is 0 Å². The van der Waals surface area contributed by atoms with Crippen LogP contribution >= 0.6 is 11.3 Å². The van der Waals surface area contributed by atoms with E-state index in [1.165, 1.54) is 64.6 Å². The first-order valence-corrected chi connectivity index (χ1v) is 18.0. The predicted octanol–water partition coefficient (Wildman–Crippen LogP) is 13.7. The number of hydrogen-bond donors (Lipinski definition) is 0. The van der Waals surface area contributed by atoms with Gasteiger partial charge in [-0.2, -0.15) is 0 Å². The summed E-state index contributed by atoms with van der Waals surface area (Å²) in [7, 11) is 0. The molecule has 2 nitrogen and oxygen atoms in total. The van der Waals surface area contributed by atoms with Crippen LogP contribution < -0.4 is 9.80 Å². The first kappa shape index (κ1) is 28.8. The van der Waals surface area contributed by atoms with Gasteiger partial charge in [0.15, 0.2) is 0 Å². The fourth-order valence-corrected chi connectivity index (χ4v) is 8.95. The number of para-hydroxylation sites is 3. The number of benzene rings is 8. The minimum Gasteiger partial charge on any atom is -0.310 e. The maximum Gasteiger partial charge on any atom is 0.0554 e. The zero-order chi connectivity index (χ0) is 33.0. The number of fused-ring (bicyclic) bond motifs is 8. The minimum atomic E-state index is 0.962. The van der Waals surface area contributed by atoms with Crippen LogP contribution in [-0.4, -0.2) is 0 Å². The molecule has 8 aromatic carbocycles. The smallest absolute Gasteiger partial charge is 0.0554 e. The highest BCUT2D eigenvalue weighted by molar-refractivity contribution is 7.26. The van der Waals surface area contributed by atoms with Crippen molar-refractivity contribution in [2.75, 3.05) is 9.80 Å². The molecule has 9 aromatic rings. The van der Waals surface area contributed by atoms with E-state index in [0.717, 1.165) is 29.2 Å². The van der Waals surface area contributed by atoms with Crippen LogP contribution in [0.3, 0.4) is 0 Å². The van der Waals surface area contributed by atoms with Crippen LogP contribution in [0.2, 0.25) is 0 Å². The third kappa shape index (κ3) is 4.70. The molecule has 0 fully saturated rings. The highest BCUT2D eigenvalue weighted by Gasteiger charge is 2.23. The van der Waals surface area contributed by atoms with Crippen LogP contribution in [0.4, 0.5) is 34.1 Å². The average Bonchev–Trinajstić information content (AvgIpc) is 3.74. The average molecular weight is 657 g/mol. The molecule has 0 radical (unpaired) electrons. The second kappa shape index (κ2) is 11.8. The van der Waals surface area contributed by atoms with E-state index >= 15 is 0 Å². The van der Waals surface area contributed by atoms with Gasteiger partial charge in [-0.1, -0.05) is 109 Å². The summed E-state index contributed by atoms with van der Waals surface area (Å²) < 4.78 is 2.57. The van der Waals surface area contributed by atoms with Crippen molar-refractivity contribution in [1.82, 2.24) is 0 Å². The van der Waals surface area contributed by atoms with E-state index in [9.17, 15) is 0 Å². The molecular formula is C47H32N2S. The molecule has 1 aliphatic carbocycles. The second-order valence-corrected chi connectivity index (χ2v) is 14.0. The highest BCUT2D eigenvalue weighted by Crippen LogP contribution is 2.49. The minimum absolute atomic E-state index is 0.962. The van der Waals surface area contributed by atoms with Crippen LogP contribution in [0.1, 0.15) is 11.1 Å². The van der Waals surface area contributed by atoms with Crippen molar-refractivity contribution in [3.63, 3.8) is 0 Å². The SMILES string of the molecule is c1ccc(N(c2ccccc2)c2ccc3sc4cc(N(c5ccccc5)c5ccc6c(c5)Cc5ccccc5-6)c5ccccc5c4c3c2)cc1. The molecule has 1 heterocycles. The summed E-state index contributed by atoms with van der Waals surface area (Å²) in [5.74, 6) is 0. The number of thiophene rings is 1. The Labute approximate surface area is 295 Å². The number of nitrogens with zero attached hydrogens (tertiary/aromatic N) is 2. The lowest BCUT2D eigenvalue weighted by molar-refractivity contribution is 1.24. The van der Waals surface area contributed by atoms with Gasteiger partial charge >= 0.3 is 0 Å². The second-order valence-electron chi connectivity index (χ2n) is 12.9. The zero-order valence-corrected chi connectivity index (χ0v) is 28.1. The topological polar surface area (TPSA) is 6.48 Å². The molecule has 0 spiro atoms. The third-order valence-corrected chi connectivity index (χ3v) is 11.1. The lowest BCUT2D eigenvalue weighted by atomic mass is 9.99. The summed E-state index contributed by atoms with van der Waals surface area (Å²) in [6.07, 6.45) is 0.962. The van der Waals surface area contributed by atoms with E-state index in [1.807, 2.05) is 11.3 Å². The Morgan fingerprint density at radius 2 is 0.920 bits per heavy atom. The lowest BCUT2D eigenvalue weighted by Crippen LogP contribution is -2.11. The third-order valence-electron chi connectivity index (χ3n) is 10.0. The van der Waals surface area contributed by atoms with Crippen LogP contribution in [-0.2, 0) is 6.42 Å². The molecule has 0 amide bonds. The molecule has 10 rings (SSSR count). The molecule has 1 aliphatic rings. The number of rotatable bonds is 6. The number of anilines is 6. The summed E-state index contributed by atoms with van der Waals surface area (Å²) in [5.41, 5.74) is 12.4. The molecule has 0 aliphatic heterocycles. The first-order valence-electron chi connectivity index (χ1n) is 17.1. The monoisotopic (exact) mass is 656 g/mol. The van der Waals surface area contributed by atoms with Crippen molar-refractivity contribution < 1.29 is 0 Å². The molecule has 50 heavy (non-hydrogen) atoms. The van der Waals surface area contributed by atoms with E-state index in [2.05, 4.69) is 192 Å². The predicted molar refractivity (Wildman–Crippen MR) is 214 cm³/mol. The van der Waals surface area contributed by atoms with Gasteiger partial charge in [-0.05, 0) is 107 Å². The lowest BCUT2D eigenvalue weighted by Gasteiger charge is -2.28. The molecule has 1 aromatic heterocycles. The first-order chi connectivity index (χ1) is 24.8. The van der Waals surface area contributed by atoms with Crippen molar-refractivity contribution >= 4 is 76.4 Å². The van der Waals surface area contributed by atoms with Crippen molar-refractivity contribution in [3.05, 3.63) is 193 Å². The van der Waals surface area contributed by atoms with Gasteiger partial charge in [-0.25, -0.2) is 0 Å². The largest absolute Gasteiger partial charge is 0.310 e. The normalized spacial score (nSPS) is 11.9. The van der Waals surface area contributed by atoms with Gasteiger partial charge in [-0.15, -0.1) is 11.3 Å². The van der Waals surface area contributed by atoms with Crippen LogP contribution in [0.5, 0.6) is 0 Å². The van der Waals surface area contributed by atoms with E-state index in [1.54, 1.807) is 0 Å². The summed E-state index contributed by atoms with van der Waals surface area (Å²) in [4.78, 5) is 4.80. The number of hydrogen-bond acceptors (Lipinski definition) is 3. The molecule has 0 atom stereocenters. The standard InChI is InChI=1S/C47H32N2S/c1-4-15-34(16-5-1)48(35-17-6-2-7-18-35)38-25-27-45-43(30-38)47-42-23-13-12-22-41(42)44(31-46(47)50-45)49(36-19-8-3-9-20-36)37-24-26-40-33(29-37)28-32-14-10-11-21-39(32)40/h1-27,29-31H,28H2. The molecule has 0 bridgehead atoms. The molecule has 236 valence electrons. The van der Waals surface area contributed by atoms with E-state index in [4.69, 9.17) is 0 Å². The summed E-state index contributed by atoms with van der Waals surface area (Å²) in [5, 5.41) is 5.10. The van der Waals surface area contributed by atoms with Gasteiger partial charge in [0.25, 0.3) is 0 Å².